The third-order valence-electron chi connectivity index (χ3n) is 3.62. The van der Waals surface area contributed by atoms with E-state index in [0.717, 1.165) is 57.2 Å². The maximum absolute atomic E-state index is 9.63. The third kappa shape index (κ3) is 7.34. The molecule has 1 atom stereocenters. The molecule has 23 heavy (non-hydrogen) atoms. The SMILES string of the molecule is CCNC(=NCCCCNc1ccccn1)N1CC[C@@H](O)C1.I. The Kier molecular flexibility index (Phi) is 9.93. The number of aliphatic hydroxyl groups is 1. The first-order valence-electron chi connectivity index (χ1n) is 8.16. The van der Waals surface area contributed by atoms with Crippen LogP contribution in [0, 0.1) is 0 Å². The first kappa shape index (κ1) is 20.0. The number of aromatic nitrogens is 1. The van der Waals surface area contributed by atoms with Gasteiger partial charge in [-0.25, -0.2) is 4.98 Å². The molecule has 1 aromatic rings. The highest BCUT2D eigenvalue weighted by Crippen LogP contribution is 2.09. The molecule has 0 unspecified atom stereocenters. The summed E-state index contributed by atoms with van der Waals surface area (Å²) in [7, 11) is 0. The van der Waals surface area contributed by atoms with Gasteiger partial charge in [0.2, 0.25) is 0 Å². The molecule has 1 aromatic heterocycles. The smallest absolute Gasteiger partial charge is 0.194 e. The fourth-order valence-corrected chi connectivity index (χ4v) is 2.47. The van der Waals surface area contributed by atoms with Crippen molar-refractivity contribution in [2.75, 3.05) is 38.0 Å². The largest absolute Gasteiger partial charge is 0.391 e. The quantitative estimate of drug-likeness (QED) is 0.265. The summed E-state index contributed by atoms with van der Waals surface area (Å²) < 4.78 is 0. The van der Waals surface area contributed by atoms with Gasteiger partial charge in [-0.2, -0.15) is 0 Å². The molecule has 1 aliphatic rings. The maximum Gasteiger partial charge on any atom is 0.194 e. The number of nitrogens with zero attached hydrogens (tertiary/aromatic N) is 3. The Morgan fingerprint density at radius 2 is 2.30 bits per heavy atom. The third-order valence-corrected chi connectivity index (χ3v) is 3.62. The molecule has 0 aliphatic carbocycles. The van der Waals surface area contributed by atoms with Gasteiger partial charge in [0.1, 0.15) is 5.82 Å². The molecule has 2 rings (SSSR count). The molecule has 0 aromatic carbocycles. The van der Waals surface area contributed by atoms with Crippen molar-refractivity contribution in [3.05, 3.63) is 24.4 Å². The minimum atomic E-state index is -0.216. The molecule has 130 valence electrons. The standard InChI is InChI=1S/C16H27N5O.HI/c1-2-17-16(21-12-8-14(22)13-21)20-11-6-5-10-19-15-7-3-4-9-18-15;/h3-4,7,9,14,22H,2,5-6,8,10-13H2,1H3,(H,17,20)(H,18,19);1H/t14-;/m1./s1. The number of pyridine rings is 1. The second-order valence-electron chi connectivity index (χ2n) is 5.47. The minimum Gasteiger partial charge on any atom is -0.391 e. The van der Waals surface area contributed by atoms with Gasteiger partial charge in [-0.1, -0.05) is 6.07 Å². The number of unbranched alkanes of at least 4 members (excludes halogenated alkanes) is 1. The van der Waals surface area contributed by atoms with Crippen molar-refractivity contribution in [1.82, 2.24) is 15.2 Å². The lowest BCUT2D eigenvalue weighted by molar-refractivity contribution is 0.188. The lowest BCUT2D eigenvalue weighted by atomic mass is 10.3. The lowest BCUT2D eigenvalue weighted by Crippen LogP contribution is -2.40. The fraction of sp³-hybridized carbons (Fsp3) is 0.625. The van der Waals surface area contributed by atoms with E-state index in [0.29, 0.717) is 6.54 Å². The van der Waals surface area contributed by atoms with E-state index in [-0.39, 0.29) is 30.1 Å². The van der Waals surface area contributed by atoms with Crippen molar-refractivity contribution in [3.63, 3.8) is 0 Å². The average Bonchev–Trinajstić information content (AvgIpc) is 2.97. The molecule has 0 radical (unpaired) electrons. The number of guanidine groups is 1. The van der Waals surface area contributed by atoms with E-state index in [1.807, 2.05) is 18.2 Å². The van der Waals surface area contributed by atoms with Crippen LogP contribution in [0.15, 0.2) is 29.4 Å². The Balaban J connectivity index is 0.00000264. The molecule has 7 heteroatoms. The van der Waals surface area contributed by atoms with Crippen LogP contribution < -0.4 is 10.6 Å². The Morgan fingerprint density at radius 1 is 1.43 bits per heavy atom. The minimum absolute atomic E-state index is 0. The van der Waals surface area contributed by atoms with Gasteiger partial charge < -0.3 is 20.6 Å². The lowest BCUT2D eigenvalue weighted by Gasteiger charge is -2.20. The number of hydrogen-bond donors (Lipinski definition) is 3. The Bertz CT molecular complexity index is 457. The molecule has 0 saturated carbocycles. The van der Waals surface area contributed by atoms with E-state index >= 15 is 0 Å². The number of rotatable bonds is 7. The van der Waals surface area contributed by atoms with E-state index in [1.165, 1.54) is 0 Å². The van der Waals surface area contributed by atoms with Crippen molar-refractivity contribution >= 4 is 35.8 Å². The number of aliphatic imine (C=N–C) groups is 1. The molecule has 3 N–H and O–H groups in total. The number of anilines is 1. The van der Waals surface area contributed by atoms with Gasteiger partial charge in [0.25, 0.3) is 0 Å². The Labute approximate surface area is 155 Å². The fourth-order valence-electron chi connectivity index (χ4n) is 2.47. The summed E-state index contributed by atoms with van der Waals surface area (Å²) in [5, 5.41) is 16.2. The highest BCUT2D eigenvalue weighted by atomic mass is 127. The molecule has 1 saturated heterocycles. The van der Waals surface area contributed by atoms with Gasteiger partial charge >= 0.3 is 0 Å². The zero-order valence-electron chi connectivity index (χ0n) is 13.7. The molecule has 2 heterocycles. The van der Waals surface area contributed by atoms with Crippen molar-refractivity contribution in [2.45, 2.75) is 32.3 Å². The summed E-state index contributed by atoms with van der Waals surface area (Å²) in [6.07, 6.45) is 4.50. The van der Waals surface area contributed by atoms with Gasteiger partial charge in [0.05, 0.1) is 6.10 Å². The summed E-state index contributed by atoms with van der Waals surface area (Å²) >= 11 is 0. The van der Waals surface area contributed by atoms with Crippen LogP contribution in [0.4, 0.5) is 5.82 Å². The monoisotopic (exact) mass is 433 g/mol. The molecule has 0 spiro atoms. The predicted octanol–water partition coefficient (Wildman–Crippen LogP) is 1.92. The summed E-state index contributed by atoms with van der Waals surface area (Å²) in [5.74, 6) is 1.85. The molecular formula is C16H28IN5O. The number of hydrogen-bond acceptors (Lipinski definition) is 4. The molecule has 6 nitrogen and oxygen atoms in total. The van der Waals surface area contributed by atoms with E-state index in [9.17, 15) is 5.11 Å². The van der Waals surface area contributed by atoms with Crippen molar-refractivity contribution < 1.29 is 5.11 Å². The Morgan fingerprint density at radius 3 is 2.96 bits per heavy atom. The molecule has 1 fully saturated rings. The van der Waals surface area contributed by atoms with E-state index in [2.05, 4.69) is 32.4 Å². The van der Waals surface area contributed by atoms with Crippen molar-refractivity contribution in [3.8, 4) is 0 Å². The normalized spacial score (nSPS) is 17.7. The van der Waals surface area contributed by atoms with Gasteiger partial charge in [0, 0.05) is 38.9 Å². The van der Waals surface area contributed by atoms with Crippen LogP contribution >= 0.6 is 24.0 Å². The van der Waals surface area contributed by atoms with E-state index < -0.39 is 0 Å². The van der Waals surface area contributed by atoms with E-state index in [4.69, 9.17) is 0 Å². The summed E-state index contributed by atoms with van der Waals surface area (Å²) in [6.45, 7) is 6.21. The van der Waals surface area contributed by atoms with Gasteiger partial charge in [-0.3, -0.25) is 4.99 Å². The first-order chi connectivity index (χ1) is 10.8. The number of aliphatic hydroxyl groups excluding tert-OH is 1. The second kappa shape index (κ2) is 11.4. The maximum atomic E-state index is 9.63. The van der Waals surface area contributed by atoms with Gasteiger partial charge in [-0.05, 0) is 38.3 Å². The number of β-amino-alcohol motifs (C(OH)–C–C–N with tert-alkyl or cyclic N) is 1. The number of likely N-dealkylation sites (tertiary alicyclic amines) is 1. The van der Waals surface area contributed by atoms with Crippen LogP contribution in [0.3, 0.4) is 0 Å². The highest BCUT2D eigenvalue weighted by Gasteiger charge is 2.22. The van der Waals surface area contributed by atoms with Gasteiger partial charge in [-0.15, -0.1) is 24.0 Å². The highest BCUT2D eigenvalue weighted by molar-refractivity contribution is 14.0. The predicted molar refractivity (Wildman–Crippen MR) is 106 cm³/mol. The van der Waals surface area contributed by atoms with Crippen LogP contribution in [-0.2, 0) is 0 Å². The summed E-state index contributed by atoms with van der Waals surface area (Å²) in [5.41, 5.74) is 0. The average molecular weight is 433 g/mol. The zero-order chi connectivity index (χ0) is 15.6. The van der Waals surface area contributed by atoms with Crippen LogP contribution in [0.2, 0.25) is 0 Å². The molecule has 0 amide bonds. The topological polar surface area (TPSA) is 72.8 Å². The molecule has 0 bridgehead atoms. The van der Waals surface area contributed by atoms with Crippen LogP contribution in [-0.4, -0.2) is 59.8 Å². The van der Waals surface area contributed by atoms with E-state index in [1.54, 1.807) is 6.20 Å². The van der Waals surface area contributed by atoms with Crippen LogP contribution in [0.25, 0.3) is 0 Å². The zero-order valence-corrected chi connectivity index (χ0v) is 16.1. The van der Waals surface area contributed by atoms with Gasteiger partial charge in [0.15, 0.2) is 5.96 Å². The molecule has 1 aliphatic heterocycles. The summed E-state index contributed by atoms with van der Waals surface area (Å²) in [4.78, 5) is 11.0. The molecular weight excluding hydrogens is 405 g/mol. The first-order valence-corrected chi connectivity index (χ1v) is 8.16. The van der Waals surface area contributed by atoms with Crippen molar-refractivity contribution in [2.24, 2.45) is 4.99 Å². The number of nitrogens with one attached hydrogen (secondary N) is 2. The van der Waals surface area contributed by atoms with Crippen molar-refractivity contribution in [1.29, 1.82) is 0 Å². The van der Waals surface area contributed by atoms with Crippen LogP contribution in [0.5, 0.6) is 0 Å². The second-order valence-corrected chi connectivity index (χ2v) is 5.47. The Hall–Kier alpha value is -1.09. The van der Waals surface area contributed by atoms with Crippen LogP contribution in [0.1, 0.15) is 26.2 Å². The summed E-state index contributed by atoms with van der Waals surface area (Å²) in [6, 6.07) is 5.87. The number of halogens is 1.